The molecule has 2 fully saturated rings. The lowest BCUT2D eigenvalue weighted by molar-refractivity contribution is -0.193. The molecular weight excluding hydrogens is 689 g/mol. The van der Waals surface area contributed by atoms with Crippen molar-refractivity contribution in [2.24, 2.45) is 0 Å². The third kappa shape index (κ3) is 7.08. The van der Waals surface area contributed by atoms with Gasteiger partial charge in [0.1, 0.15) is 29.5 Å². The number of aromatic hydroxyl groups is 1. The van der Waals surface area contributed by atoms with Gasteiger partial charge in [0.25, 0.3) is 0 Å². The van der Waals surface area contributed by atoms with Crippen LogP contribution in [0, 0.1) is 5.82 Å². The summed E-state index contributed by atoms with van der Waals surface area (Å²) in [6.07, 6.45) is 0.987. The van der Waals surface area contributed by atoms with Crippen LogP contribution in [0.25, 0.3) is 22.2 Å². The fourth-order valence-electron chi connectivity index (χ4n) is 7.22. The van der Waals surface area contributed by atoms with Crippen LogP contribution in [0.3, 0.4) is 0 Å². The molecule has 54 heavy (non-hydrogen) atoms. The van der Waals surface area contributed by atoms with E-state index < -0.39 is 18.2 Å². The predicted octanol–water partition coefficient (Wildman–Crippen LogP) is 5.49. The molecule has 272 valence electrons. The molecule has 4 amide bonds. The van der Waals surface area contributed by atoms with Crippen LogP contribution in [0.15, 0.2) is 126 Å². The van der Waals surface area contributed by atoms with Crippen molar-refractivity contribution in [1.29, 1.82) is 0 Å². The van der Waals surface area contributed by atoms with Crippen molar-refractivity contribution in [3.05, 3.63) is 150 Å². The van der Waals surface area contributed by atoms with Gasteiger partial charge in [-0.05, 0) is 65.2 Å². The molecule has 6 aromatic rings. The number of piperazine rings is 1. The van der Waals surface area contributed by atoms with Gasteiger partial charge < -0.3 is 24.7 Å². The number of hydrogen-bond donors (Lipinski definition) is 2. The van der Waals surface area contributed by atoms with Crippen LogP contribution in [-0.2, 0) is 35.6 Å². The van der Waals surface area contributed by atoms with Gasteiger partial charge in [0.15, 0.2) is 5.76 Å². The number of nitrogens with one attached hydrogen (secondary N) is 1. The van der Waals surface area contributed by atoms with E-state index in [2.05, 4.69) is 15.5 Å². The smallest absolute Gasteiger partial charge is 0.334 e. The average Bonchev–Trinajstić information content (AvgIpc) is 3.65. The Morgan fingerprint density at radius 1 is 0.889 bits per heavy atom. The summed E-state index contributed by atoms with van der Waals surface area (Å²) < 4.78 is 19.3. The quantitative estimate of drug-likeness (QED) is 0.200. The Bertz CT molecular complexity index is 2300. The number of benzene rings is 4. The molecule has 4 aromatic carbocycles. The number of carbonyl (C=O) groups is 3. The molecule has 0 aliphatic carbocycles. The minimum absolute atomic E-state index is 0.00853. The molecule has 2 saturated heterocycles. The number of hydrogen-bond acceptors (Lipinski definition) is 8. The number of halogens is 1. The van der Waals surface area contributed by atoms with Crippen molar-refractivity contribution < 1.29 is 28.4 Å². The third-order valence-corrected chi connectivity index (χ3v) is 9.82. The maximum atomic E-state index is 14.5. The molecule has 2 aliphatic heterocycles. The Morgan fingerprint density at radius 2 is 1.69 bits per heavy atom. The molecule has 13 heteroatoms. The summed E-state index contributed by atoms with van der Waals surface area (Å²) >= 11 is 0. The lowest BCUT2D eigenvalue weighted by atomic mass is 9.98. The summed E-state index contributed by atoms with van der Waals surface area (Å²) in [5.74, 6) is -0.512. The zero-order valence-corrected chi connectivity index (χ0v) is 29.1. The van der Waals surface area contributed by atoms with E-state index in [1.807, 2.05) is 60.7 Å². The van der Waals surface area contributed by atoms with Crippen LogP contribution in [-0.4, -0.2) is 78.2 Å². The summed E-state index contributed by atoms with van der Waals surface area (Å²) in [6.45, 7) is 0.254. The van der Waals surface area contributed by atoms with Gasteiger partial charge in [-0.2, -0.15) is 5.01 Å². The summed E-state index contributed by atoms with van der Waals surface area (Å²) in [6, 6.07) is 31.7. The number of amides is 4. The second-order valence-electron chi connectivity index (χ2n) is 13.4. The molecule has 8 rings (SSSR count). The summed E-state index contributed by atoms with van der Waals surface area (Å²) in [5, 5.41) is 21.2. The van der Waals surface area contributed by atoms with E-state index in [1.165, 1.54) is 22.0 Å². The molecule has 0 radical (unpaired) electrons. The number of fused-ring (bicyclic) bond motifs is 2. The minimum atomic E-state index is -0.948. The molecular formula is C41H36FN7O5. The number of phenols is 1. The molecule has 12 nitrogen and oxygen atoms in total. The third-order valence-electron chi connectivity index (χ3n) is 9.82. The lowest BCUT2D eigenvalue weighted by Gasteiger charge is -2.55. The fourth-order valence-corrected chi connectivity index (χ4v) is 7.22. The first-order chi connectivity index (χ1) is 26.3. The highest BCUT2D eigenvalue weighted by molar-refractivity contribution is 5.92. The summed E-state index contributed by atoms with van der Waals surface area (Å²) in [4.78, 5) is 51.0. The number of carbonyl (C=O) groups excluding carboxylic acids is 3. The molecule has 2 atom stereocenters. The fraction of sp³-hybridized carbons (Fsp3) is 0.195. The zero-order valence-electron chi connectivity index (χ0n) is 29.1. The lowest BCUT2D eigenvalue weighted by Crippen LogP contribution is -2.76. The van der Waals surface area contributed by atoms with Gasteiger partial charge in [0.05, 0.1) is 25.2 Å². The zero-order chi connectivity index (χ0) is 37.2. The average molecular weight is 726 g/mol. The SMILES string of the molecule is O=C1[C@H](Cc2ccc(O)cc2)N2C(=O)CN(Cc3cc(-c4ccc(F)cc4)no3)N(C(=O)NCc3ccccc3)[C@H]2CN1Cc1cccc2ncccc12. The Kier molecular flexibility index (Phi) is 9.45. The molecule has 2 aromatic heterocycles. The second-order valence-corrected chi connectivity index (χ2v) is 13.4. The maximum Gasteiger partial charge on any atom is 0.334 e. The topological polar surface area (TPSA) is 135 Å². The second kappa shape index (κ2) is 14.8. The van der Waals surface area contributed by atoms with Crippen LogP contribution in [0.5, 0.6) is 5.75 Å². The highest BCUT2D eigenvalue weighted by Crippen LogP contribution is 2.32. The standard InChI is InChI=1S/C41H36FN7O5/c42-31-15-13-29(14-16-31)36-21-33(54-45-36)24-47-26-39(51)48-37(20-27-11-17-32(50)18-12-27)40(52)46(23-30-8-4-10-35-34(30)9-5-19-43-35)25-38(48)49(47)41(53)44-22-28-6-2-1-3-7-28/h1-19,21,37-38,50H,20,22-26H2,(H,44,53)/t37-,38-/m0/s1. The van der Waals surface area contributed by atoms with E-state index in [1.54, 1.807) is 58.6 Å². The largest absolute Gasteiger partial charge is 0.508 e. The van der Waals surface area contributed by atoms with E-state index in [0.29, 0.717) is 17.0 Å². The predicted molar refractivity (Wildman–Crippen MR) is 196 cm³/mol. The highest BCUT2D eigenvalue weighted by Gasteiger charge is 2.51. The van der Waals surface area contributed by atoms with Crippen molar-refractivity contribution in [2.45, 2.75) is 38.3 Å². The van der Waals surface area contributed by atoms with Gasteiger partial charge in [-0.3, -0.25) is 14.6 Å². The molecule has 2 N–H and O–H groups in total. The molecule has 0 spiro atoms. The van der Waals surface area contributed by atoms with Crippen LogP contribution >= 0.6 is 0 Å². The Labute approximate surface area is 310 Å². The van der Waals surface area contributed by atoms with Gasteiger partial charge >= 0.3 is 6.03 Å². The van der Waals surface area contributed by atoms with E-state index in [0.717, 1.165) is 27.6 Å². The number of phenolic OH excluding ortho intramolecular Hbond substituents is 1. The number of nitrogens with zero attached hydrogens (tertiary/aromatic N) is 6. The van der Waals surface area contributed by atoms with Crippen LogP contribution < -0.4 is 5.32 Å². The summed E-state index contributed by atoms with van der Waals surface area (Å²) in [7, 11) is 0. The first-order valence-corrected chi connectivity index (χ1v) is 17.6. The number of urea groups is 1. The van der Waals surface area contributed by atoms with Crippen LogP contribution in [0.1, 0.15) is 22.5 Å². The number of rotatable bonds is 9. The summed E-state index contributed by atoms with van der Waals surface area (Å²) in [5.41, 5.74) is 4.41. The molecule has 2 aliphatic rings. The van der Waals surface area contributed by atoms with Gasteiger partial charge in [0, 0.05) is 42.7 Å². The molecule has 0 unspecified atom stereocenters. The molecule has 0 saturated carbocycles. The van der Waals surface area contributed by atoms with Crippen molar-refractivity contribution >= 4 is 28.7 Å². The monoisotopic (exact) mass is 725 g/mol. The normalized spacial score (nSPS) is 17.5. The number of hydrazine groups is 1. The van der Waals surface area contributed by atoms with E-state index in [4.69, 9.17) is 4.52 Å². The van der Waals surface area contributed by atoms with Gasteiger partial charge in [0.2, 0.25) is 11.8 Å². The van der Waals surface area contributed by atoms with Crippen molar-refractivity contribution in [2.75, 3.05) is 13.1 Å². The number of pyridine rings is 1. The first-order valence-electron chi connectivity index (χ1n) is 17.6. The molecule has 0 bridgehead atoms. The van der Waals surface area contributed by atoms with Gasteiger partial charge in [-0.25, -0.2) is 14.2 Å². The molecule has 4 heterocycles. The Hall–Kier alpha value is -6.60. The van der Waals surface area contributed by atoms with Gasteiger partial charge in [-0.15, -0.1) is 0 Å². The van der Waals surface area contributed by atoms with E-state index in [9.17, 15) is 23.9 Å². The van der Waals surface area contributed by atoms with Crippen LogP contribution in [0.2, 0.25) is 0 Å². The van der Waals surface area contributed by atoms with E-state index >= 15 is 0 Å². The van der Waals surface area contributed by atoms with Crippen molar-refractivity contribution in [3.8, 4) is 17.0 Å². The minimum Gasteiger partial charge on any atom is -0.508 e. The first kappa shape index (κ1) is 34.5. The number of aromatic nitrogens is 2. The Balaban J connectivity index is 1.16. The van der Waals surface area contributed by atoms with Crippen molar-refractivity contribution in [3.63, 3.8) is 0 Å². The maximum absolute atomic E-state index is 14.5. The van der Waals surface area contributed by atoms with Crippen LogP contribution in [0.4, 0.5) is 9.18 Å². The van der Waals surface area contributed by atoms with Gasteiger partial charge in [-0.1, -0.05) is 65.8 Å². The Morgan fingerprint density at radius 3 is 2.48 bits per heavy atom. The van der Waals surface area contributed by atoms with E-state index in [-0.39, 0.29) is 62.5 Å². The van der Waals surface area contributed by atoms with Crippen molar-refractivity contribution in [1.82, 2.24) is 35.3 Å². The highest BCUT2D eigenvalue weighted by atomic mass is 19.1.